The Morgan fingerprint density at radius 3 is 2.76 bits per heavy atom. The third kappa shape index (κ3) is 3.20. The number of likely N-dealkylation sites (tertiary alicyclic amines) is 1. The van der Waals surface area contributed by atoms with Crippen LogP contribution in [0.4, 0.5) is 0 Å². The van der Waals surface area contributed by atoms with Crippen LogP contribution in [0.15, 0.2) is 36.2 Å². The Morgan fingerprint density at radius 1 is 1.41 bits per heavy atom. The molecule has 17 heavy (non-hydrogen) atoms. The van der Waals surface area contributed by atoms with Crippen molar-refractivity contribution in [2.45, 2.75) is 19.4 Å². The number of benzene rings is 1. The molecule has 0 saturated carbocycles. The molecular weight excluding hydrogens is 240 g/mol. The van der Waals surface area contributed by atoms with Gasteiger partial charge in [0.25, 0.3) is 6.20 Å². The molecule has 0 aliphatic carbocycles. The predicted molar refractivity (Wildman–Crippen MR) is 66.2 cm³/mol. The summed E-state index contributed by atoms with van der Waals surface area (Å²) >= 11 is 5.81. The summed E-state index contributed by atoms with van der Waals surface area (Å²) in [6, 6.07) is 7.57. The first-order valence-electron chi connectivity index (χ1n) is 5.49. The third-order valence-electron chi connectivity index (χ3n) is 2.81. The van der Waals surface area contributed by atoms with Crippen molar-refractivity contribution in [3.63, 3.8) is 0 Å². The molecule has 0 atom stereocenters. The zero-order valence-electron chi connectivity index (χ0n) is 9.30. The first kappa shape index (κ1) is 11.9. The number of halogens is 1. The normalized spacial score (nSPS) is 17.7. The molecule has 2 rings (SSSR count). The Labute approximate surface area is 105 Å². The maximum Gasteiger partial charge on any atom is 0.253 e. The zero-order valence-corrected chi connectivity index (χ0v) is 10.1. The van der Waals surface area contributed by atoms with E-state index >= 15 is 0 Å². The van der Waals surface area contributed by atoms with Crippen molar-refractivity contribution in [3.8, 4) is 0 Å². The molecule has 1 fully saturated rings. The fourth-order valence-corrected chi connectivity index (χ4v) is 2.14. The Morgan fingerprint density at radius 2 is 2.12 bits per heavy atom. The van der Waals surface area contributed by atoms with E-state index in [-0.39, 0.29) is 4.92 Å². The number of nitro groups is 1. The van der Waals surface area contributed by atoms with Crippen LogP contribution in [0, 0.1) is 10.1 Å². The van der Waals surface area contributed by atoms with Gasteiger partial charge in [-0.25, -0.2) is 0 Å². The van der Waals surface area contributed by atoms with E-state index in [1.54, 1.807) is 0 Å². The first-order chi connectivity index (χ1) is 8.15. The topological polar surface area (TPSA) is 46.4 Å². The monoisotopic (exact) mass is 252 g/mol. The number of nitrogens with zero attached hydrogens (tertiary/aromatic N) is 2. The van der Waals surface area contributed by atoms with Crippen LogP contribution in [0.2, 0.25) is 5.02 Å². The van der Waals surface area contributed by atoms with Gasteiger partial charge in [0.15, 0.2) is 0 Å². The van der Waals surface area contributed by atoms with Crippen LogP contribution in [0.3, 0.4) is 0 Å². The molecule has 1 aromatic rings. The molecule has 0 amide bonds. The molecule has 5 heteroatoms. The van der Waals surface area contributed by atoms with Gasteiger partial charge in [-0.1, -0.05) is 23.7 Å². The number of allylic oxidation sites excluding steroid dienone is 1. The molecule has 0 spiro atoms. The van der Waals surface area contributed by atoms with E-state index in [4.69, 9.17) is 11.6 Å². The van der Waals surface area contributed by atoms with E-state index in [1.807, 2.05) is 29.2 Å². The summed E-state index contributed by atoms with van der Waals surface area (Å²) in [6.45, 7) is 1.58. The van der Waals surface area contributed by atoms with Gasteiger partial charge in [0, 0.05) is 18.1 Å². The summed E-state index contributed by atoms with van der Waals surface area (Å²) in [5.74, 6) is 0. The molecule has 4 nitrogen and oxygen atoms in total. The van der Waals surface area contributed by atoms with E-state index < -0.39 is 0 Å². The Bertz CT molecular complexity index is 442. The highest BCUT2D eigenvalue weighted by Gasteiger charge is 2.19. The van der Waals surface area contributed by atoms with Crippen LogP contribution in [0.25, 0.3) is 0 Å². The van der Waals surface area contributed by atoms with Crippen molar-refractivity contribution in [1.29, 1.82) is 0 Å². The molecule has 0 bridgehead atoms. The van der Waals surface area contributed by atoms with Gasteiger partial charge >= 0.3 is 0 Å². The fourth-order valence-electron chi connectivity index (χ4n) is 2.01. The van der Waals surface area contributed by atoms with Crippen LogP contribution >= 0.6 is 11.6 Å². The van der Waals surface area contributed by atoms with Crippen molar-refractivity contribution in [1.82, 2.24) is 4.90 Å². The number of hydrogen-bond donors (Lipinski definition) is 0. The van der Waals surface area contributed by atoms with E-state index in [2.05, 4.69) is 0 Å². The third-order valence-corrected chi connectivity index (χ3v) is 3.06. The molecule has 0 N–H and O–H groups in total. The van der Waals surface area contributed by atoms with Gasteiger partial charge < -0.3 is 4.90 Å². The lowest BCUT2D eigenvalue weighted by Gasteiger charge is -2.18. The zero-order chi connectivity index (χ0) is 12.3. The summed E-state index contributed by atoms with van der Waals surface area (Å²) in [7, 11) is 0. The molecule has 0 aromatic heterocycles. The fraction of sp³-hybridized carbons (Fsp3) is 0.333. The highest BCUT2D eigenvalue weighted by Crippen LogP contribution is 2.23. The summed E-state index contributed by atoms with van der Waals surface area (Å²) in [5.41, 5.74) is 1.93. The van der Waals surface area contributed by atoms with Gasteiger partial charge in [-0.2, -0.15) is 0 Å². The standard InChI is InChI=1S/C12H13ClN2O2/c13-11-5-3-10(4-6-11)8-14-7-1-2-12(14)9-15(16)17/h3-6,9H,1-2,7-8H2. The summed E-state index contributed by atoms with van der Waals surface area (Å²) < 4.78 is 0. The molecule has 1 aliphatic heterocycles. The largest absolute Gasteiger partial charge is 0.366 e. The summed E-state index contributed by atoms with van der Waals surface area (Å²) in [6.07, 6.45) is 2.88. The molecule has 1 aromatic carbocycles. The number of rotatable bonds is 3. The van der Waals surface area contributed by atoms with Crippen LogP contribution in [0.1, 0.15) is 18.4 Å². The average molecular weight is 253 g/mol. The van der Waals surface area contributed by atoms with E-state index in [9.17, 15) is 10.1 Å². The van der Waals surface area contributed by atoms with Crippen molar-refractivity contribution in [2.75, 3.05) is 6.54 Å². The highest BCUT2D eigenvalue weighted by molar-refractivity contribution is 6.30. The smallest absolute Gasteiger partial charge is 0.253 e. The quantitative estimate of drug-likeness (QED) is 0.614. The predicted octanol–water partition coefficient (Wildman–Crippen LogP) is 3.05. The van der Waals surface area contributed by atoms with Gasteiger partial charge in [0.1, 0.15) is 0 Å². The lowest BCUT2D eigenvalue weighted by molar-refractivity contribution is -0.404. The Hall–Kier alpha value is -1.55. The van der Waals surface area contributed by atoms with Crippen molar-refractivity contribution < 1.29 is 4.92 Å². The van der Waals surface area contributed by atoms with E-state index in [1.165, 1.54) is 0 Å². The minimum atomic E-state index is -0.379. The maximum absolute atomic E-state index is 10.5. The average Bonchev–Trinajstić information content (AvgIpc) is 2.68. The van der Waals surface area contributed by atoms with Crippen LogP contribution in [0.5, 0.6) is 0 Å². The first-order valence-corrected chi connectivity index (χ1v) is 5.86. The van der Waals surface area contributed by atoms with Crippen molar-refractivity contribution >= 4 is 11.6 Å². The lowest BCUT2D eigenvalue weighted by Crippen LogP contribution is -2.17. The van der Waals surface area contributed by atoms with Gasteiger partial charge in [0.05, 0.1) is 10.6 Å². The van der Waals surface area contributed by atoms with Crippen molar-refractivity contribution in [2.24, 2.45) is 0 Å². The SMILES string of the molecule is O=[N+]([O-])C=C1CCCN1Cc1ccc(Cl)cc1. The van der Waals surface area contributed by atoms with Gasteiger partial charge in [-0.3, -0.25) is 10.1 Å². The second-order valence-corrected chi connectivity index (χ2v) is 4.49. The van der Waals surface area contributed by atoms with Gasteiger partial charge in [0.2, 0.25) is 0 Å². The number of hydrogen-bond acceptors (Lipinski definition) is 3. The molecule has 90 valence electrons. The second-order valence-electron chi connectivity index (χ2n) is 4.06. The van der Waals surface area contributed by atoms with Gasteiger partial charge in [-0.05, 0) is 30.5 Å². The molecule has 1 heterocycles. The van der Waals surface area contributed by atoms with E-state index in [0.717, 1.165) is 36.8 Å². The summed E-state index contributed by atoms with van der Waals surface area (Å²) in [4.78, 5) is 12.2. The molecule has 1 saturated heterocycles. The van der Waals surface area contributed by atoms with Crippen LogP contribution < -0.4 is 0 Å². The molecule has 1 aliphatic rings. The molecular formula is C12H13ClN2O2. The second kappa shape index (κ2) is 5.19. The van der Waals surface area contributed by atoms with E-state index in [0.29, 0.717) is 11.6 Å². The van der Waals surface area contributed by atoms with Gasteiger partial charge in [-0.15, -0.1) is 0 Å². The minimum absolute atomic E-state index is 0.379. The van der Waals surface area contributed by atoms with Crippen LogP contribution in [-0.2, 0) is 6.54 Å². The van der Waals surface area contributed by atoms with Crippen LogP contribution in [-0.4, -0.2) is 16.4 Å². The molecule has 0 unspecified atom stereocenters. The van der Waals surface area contributed by atoms with Crippen molar-refractivity contribution in [3.05, 3.63) is 56.9 Å². The lowest BCUT2D eigenvalue weighted by atomic mass is 10.2. The Balaban J connectivity index is 2.07. The highest BCUT2D eigenvalue weighted by atomic mass is 35.5. The Kier molecular flexibility index (Phi) is 3.64. The minimum Gasteiger partial charge on any atom is -0.366 e. The maximum atomic E-state index is 10.5. The summed E-state index contributed by atoms with van der Waals surface area (Å²) in [5, 5.41) is 11.2. The molecule has 0 radical (unpaired) electrons.